The number of hydrogen-bond donors (Lipinski definition) is 0. The zero-order valence-electron chi connectivity index (χ0n) is 8.36. The Bertz CT molecular complexity index is 227. The first-order chi connectivity index (χ1) is 5.99. The average molecular weight is 244 g/mol. The molecular formula is C5H16O5SSi2. The zero-order chi connectivity index (χ0) is 10.5. The van der Waals surface area contributed by atoms with Crippen molar-refractivity contribution in [3.05, 3.63) is 0 Å². The molecule has 0 fully saturated rings. The molecule has 5 nitrogen and oxygen atoms in total. The lowest BCUT2D eigenvalue weighted by molar-refractivity contribution is 0.148. The van der Waals surface area contributed by atoms with Crippen LogP contribution in [-0.2, 0) is 22.6 Å². The van der Waals surface area contributed by atoms with E-state index in [9.17, 15) is 8.42 Å². The second kappa shape index (κ2) is 5.22. The number of hydrogen-bond acceptors (Lipinski definition) is 5. The van der Waals surface area contributed by atoms with Crippen LogP contribution in [-0.4, -0.2) is 53.7 Å². The van der Waals surface area contributed by atoms with Gasteiger partial charge in [-0.15, -0.1) is 0 Å². The molecule has 0 aliphatic rings. The van der Waals surface area contributed by atoms with Crippen LogP contribution in [0.15, 0.2) is 0 Å². The van der Waals surface area contributed by atoms with Gasteiger partial charge in [0.05, 0.1) is 0 Å². The summed E-state index contributed by atoms with van der Waals surface area (Å²) in [6.07, 6.45) is 0. The predicted molar refractivity (Wildman–Crippen MR) is 55.3 cm³/mol. The molecule has 0 heterocycles. The zero-order valence-corrected chi connectivity index (χ0v) is 12.2. The van der Waals surface area contributed by atoms with Gasteiger partial charge < -0.3 is 13.3 Å². The Balaban J connectivity index is 4.93. The molecule has 0 radical (unpaired) electrons. The lowest BCUT2D eigenvalue weighted by atomic mass is 11.0. The van der Waals surface area contributed by atoms with Gasteiger partial charge in [-0.2, -0.15) is 0 Å². The topological polar surface area (TPSA) is 61.8 Å². The van der Waals surface area contributed by atoms with Gasteiger partial charge in [0.1, 0.15) is 0 Å². The highest BCUT2D eigenvalue weighted by Gasteiger charge is 2.53. The molecule has 0 aromatic rings. The average Bonchev–Trinajstić information content (AvgIpc) is 2.07. The molecule has 0 saturated heterocycles. The minimum Gasteiger partial charge on any atom is -0.366 e. The molecule has 0 aromatic heterocycles. The van der Waals surface area contributed by atoms with Crippen molar-refractivity contribution in [2.75, 3.05) is 27.1 Å². The van der Waals surface area contributed by atoms with E-state index in [4.69, 9.17) is 13.3 Å². The summed E-state index contributed by atoms with van der Waals surface area (Å²) < 4.78 is 37.9. The summed E-state index contributed by atoms with van der Waals surface area (Å²) in [6.45, 7) is 0. The van der Waals surface area contributed by atoms with Crippen molar-refractivity contribution in [1.29, 1.82) is 0 Å². The summed E-state index contributed by atoms with van der Waals surface area (Å²) in [7, 11) is -2.12. The van der Waals surface area contributed by atoms with Crippen LogP contribution in [0, 0.1) is 0 Å². The minimum absolute atomic E-state index is 0.0843. The second-order valence-corrected chi connectivity index (χ2v) is 10.7. The molecule has 0 bridgehead atoms. The third kappa shape index (κ3) is 2.61. The van der Waals surface area contributed by atoms with Crippen LogP contribution >= 0.6 is 0 Å². The Kier molecular flexibility index (Phi) is 5.33. The van der Waals surface area contributed by atoms with Gasteiger partial charge in [0.2, 0.25) is 9.29 Å². The van der Waals surface area contributed by atoms with E-state index in [0.29, 0.717) is 6.04 Å². The van der Waals surface area contributed by atoms with E-state index in [-0.39, 0.29) is 5.75 Å². The Hall–Kier alpha value is 0.264. The Morgan fingerprint density at radius 1 is 1.15 bits per heavy atom. The van der Waals surface area contributed by atoms with Crippen LogP contribution < -0.4 is 0 Å². The lowest BCUT2D eigenvalue weighted by Crippen LogP contribution is -2.52. The molecule has 0 N–H and O–H groups in total. The summed E-state index contributed by atoms with van der Waals surface area (Å²) in [5.74, 6) is 0.0843. The van der Waals surface area contributed by atoms with Crippen LogP contribution in [0.4, 0.5) is 0 Å². The first-order valence-electron chi connectivity index (χ1n) is 3.87. The van der Waals surface area contributed by atoms with Gasteiger partial charge in [-0.05, 0) is 0 Å². The summed E-state index contributed by atoms with van der Waals surface area (Å²) >= 11 is 0. The first kappa shape index (κ1) is 13.3. The summed E-state index contributed by atoms with van der Waals surface area (Å²) in [5, 5.41) is 0. The smallest absolute Gasteiger partial charge is 0.366 e. The third-order valence-corrected chi connectivity index (χ3v) is 10.4. The van der Waals surface area contributed by atoms with Gasteiger partial charge >= 0.3 is 7.95 Å². The quantitative estimate of drug-likeness (QED) is 0.536. The fourth-order valence-electron chi connectivity index (χ4n) is 1.02. The SMILES string of the molecule is CO[Si](OC)(OC)S(=O)(=O)CC[SiH3]. The van der Waals surface area contributed by atoms with Crippen molar-refractivity contribution in [2.45, 2.75) is 6.04 Å². The summed E-state index contributed by atoms with van der Waals surface area (Å²) in [6, 6.07) is 0.660. The van der Waals surface area contributed by atoms with Crippen molar-refractivity contribution >= 4 is 27.5 Å². The molecular weight excluding hydrogens is 228 g/mol. The molecule has 0 atom stereocenters. The lowest BCUT2D eigenvalue weighted by Gasteiger charge is -2.22. The van der Waals surface area contributed by atoms with E-state index in [1.807, 2.05) is 0 Å². The Morgan fingerprint density at radius 3 is 1.77 bits per heavy atom. The van der Waals surface area contributed by atoms with Crippen molar-refractivity contribution in [2.24, 2.45) is 0 Å². The molecule has 0 saturated carbocycles. The molecule has 0 amide bonds. The van der Waals surface area contributed by atoms with Gasteiger partial charge in [0.25, 0.3) is 0 Å². The van der Waals surface area contributed by atoms with E-state index < -0.39 is 17.2 Å². The molecule has 0 aromatic carbocycles. The van der Waals surface area contributed by atoms with E-state index in [0.717, 1.165) is 10.2 Å². The first-order valence-corrected chi connectivity index (χ1v) is 9.39. The maximum atomic E-state index is 11.7. The van der Waals surface area contributed by atoms with Crippen molar-refractivity contribution < 1.29 is 21.7 Å². The molecule has 8 heteroatoms. The molecule has 0 rings (SSSR count). The van der Waals surface area contributed by atoms with Gasteiger partial charge in [-0.3, -0.25) is 0 Å². The third-order valence-electron chi connectivity index (χ3n) is 1.60. The molecule has 80 valence electrons. The highest BCUT2D eigenvalue weighted by Crippen LogP contribution is 2.16. The van der Waals surface area contributed by atoms with Crippen LogP contribution in [0.1, 0.15) is 0 Å². The second-order valence-electron chi connectivity index (χ2n) is 2.43. The minimum atomic E-state index is -3.47. The van der Waals surface area contributed by atoms with Crippen LogP contribution in [0.3, 0.4) is 0 Å². The highest BCUT2D eigenvalue weighted by atomic mass is 32.4. The highest BCUT2D eigenvalue weighted by molar-refractivity contribution is 8.19. The molecule has 13 heavy (non-hydrogen) atoms. The van der Waals surface area contributed by atoms with Crippen molar-refractivity contribution in [3.63, 3.8) is 0 Å². The molecule has 0 aliphatic carbocycles. The van der Waals surface area contributed by atoms with Gasteiger partial charge in [0, 0.05) is 37.3 Å². The van der Waals surface area contributed by atoms with E-state index in [1.54, 1.807) is 0 Å². The molecule has 0 aliphatic heterocycles. The maximum Gasteiger partial charge on any atom is 0.634 e. The van der Waals surface area contributed by atoms with Crippen LogP contribution in [0.25, 0.3) is 0 Å². The largest absolute Gasteiger partial charge is 0.634 e. The van der Waals surface area contributed by atoms with E-state index in [1.165, 1.54) is 21.3 Å². The van der Waals surface area contributed by atoms with E-state index >= 15 is 0 Å². The molecule has 0 unspecified atom stereocenters. The predicted octanol–water partition coefficient (Wildman–Crippen LogP) is -1.44. The fourth-order valence-corrected chi connectivity index (χ4v) is 9.56. The maximum absolute atomic E-state index is 11.7. The molecule has 0 spiro atoms. The Morgan fingerprint density at radius 2 is 1.54 bits per heavy atom. The van der Waals surface area contributed by atoms with Crippen LogP contribution in [0.2, 0.25) is 6.04 Å². The van der Waals surface area contributed by atoms with Crippen molar-refractivity contribution in [1.82, 2.24) is 0 Å². The fraction of sp³-hybridized carbons (Fsp3) is 1.00. The van der Waals surface area contributed by atoms with Gasteiger partial charge in [-0.25, -0.2) is 8.42 Å². The summed E-state index contributed by atoms with van der Waals surface area (Å²) in [5.41, 5.74) is 0. The normalized spacial score (nSPS) is 13.5. The van der Waals surface area contributed by atoms with Crippen LogP contribution in [0.5, 0.6) is 0 Å². The van der Waals surface area contributed by atoms with Gasteiger partial charge in [0.15, 0.2) is 0 Å². The number of rotatable bonds is 6. The summed E-state index contributed by atoms with van der Waals surface area (Å²) in [4.78, 5) is 0. The van der Waals surface area contributed by atoms with Gasteiger partial charge in [-0.1, -0.05) is 6.04 Å². The Labute approximate surface area is 82.7 Å². The monoisotopic (exact) mass is 244 g/mol. The van der Waals surface area contributed by atoms with Crippen molar-refractivity contribution in [3.8, 4) is 0 Å². The van der Waals surface area contributed by atoms with E-state index in [2.05, 4.69) is 0 Å². The standard InChI is InChI=1S/C5H16O5SSi2/c1-8-13(9-2,10-3)11(6,7)4-5-12/h4-5H2,1-3,12H3.